The number of morpholine rings is 1. The van der Waals surface area contributed by atoms with Crippen LogP contribution in [0.2, 0.25) is 0 Å². The number of benzene rings is 1. The number of carboxylic acid groups (broad SMARTS) is 1. The van der Waals surface area contributed by atoms with Gasteiger partial charge in [0.15, 0.2) is 0 Å². The summed E-state index contributed by atoms with van der Waals surface area (Å²) in [7, 11) is 0. The van der Waals surface area contributed by atoms with E-state index in [9.17, 15) is 9.90 Å². The van der Waals surface area contributed by atoms with Gasteiger partial charge in [0.1, 0.15) is 11.8 Å². The molecule has 19 heavy (non-hydrogen) atoms. The van der Waals surface area contributed by atoms with Crippen molar-refractivity contribution in [1.29, 1.82) is 0 Å². The number of hydrogen-bond acceptors (Lipinski definition) is 4. The molecule has 1 aromatic carbocycles. The normalized spacial score (nSPS) is 22.8. The summed E-state index contributed by atoms with van der Waals surface area (Å²) < 4.78 is 10.7. The van der Waals surface area contributed by atoms with Gasteiger partial charge < -0.3 is 14.6 Å². The van der Waals surface area contributed by atoms with Gasteiger partial charge in [-0.1, -0.05) is 12.1 Å². The molecule has 0 saturated carbocycles. The van der Waals surface area contributed by atoms with Crippen molar-refractivity contribution in [3.8, 4) is 5.75 Å². The molecule has 102 valence electrons. The van der Waals surface area contributed by atoms with Gasteiger partial charge in [-0.2, -0.15) is 0 Å². The number of nitrogens with zero attached hydrogens (tertiary/aromatic N) is 1. The van der Waals surface area contributed by atoms with Crippen LogP contribution in [0.3, 0.4) is 0 Å². The molecule has 1 saturated heterocycles. The molecule has 0 amide bonds. The monoisotopic (exact) mass is 263 g/mol. The highest BCUT2D eigenvalue weighted by molar-refractivity contribution is 5.73. The maximum atomic E-state index is 11.2. The number of carboxylic acids is 1. The molecule has 1 aromatic rings. The highest BCUT2D eigenvalue weighted by Gasteiger charge is 2.29. The zero-order chi connectivity index (χ0) is 13.2. The van der Waals surface area contributed by atoms with Crippen LogP contribution < -0.4 is 4.74 Å². The van der Waals surface area contributed by atoms with E-state index in [1.54, 1.807) is 0 Å². The standard InChI is InChI=1S/C14H17NO4/c16-14(17)12-9-18-6-4-15(12)8-10-1-2-13-11(7-10)3-5-19-13/h1-2,7,12H,3-6,8-9H2,(H,16,17). The molecular weight excluding hydrogens is 246 g/mol. The summed E-state index contributed by atoms with van der Waals surface area (Å²) in [4.78, 5) is 13.2. The van der Waals surface area contributed by atoms with Gasteiger partial charge in [-0.3, -0.25) is 9.69 Å². The summed E-state index contributed by atoms with van der Waals surface area (Å²) in [5.74, 6) is 0.143. The molecule has 0 aliphatic carbocycles. The summed E-state index contributed by atoms with van der Waals surface area (Å²) >= 11 is 0. The summed E-state index contributed by atoms with van der Waals surface area (Å²) in [6.07, 6.45) is 0.939. The first-order valence-electron chi connectivity index (χ1n) is 6.53. The lowest BCUT2D eigenvalue weighted by Crippen LogP contribution is -2.49. The molecule has 1 N–H and O–H groups in total. The van der Waals surface area contributed by atoms with Crippen molar-refractivity contribution in [2.75, 3.05) is 26.4 Å². The summed E-state index contributed by atoms with van der Waals surface area (Å²) in [5.41, 5.74) is 2.36. The van der Waals surface area contributed by atoms with Crippen LogP contribution in [0, 0.1) is 0 Å². The minimum Gasteiger partial charge on any atom is -0.493 e. The maximum absolute atomic E-state index is 11.2. The quantitative estimate of drug-likeness (QED) is 0.878. The first-order chi connectivity index (χ1) is 9.24. The molecule has 2 heterocycles. The molecule has 2 aliphatic rings. The molecule has 0 bridgehead atoms. The van der Waals surface area contributed by atoms with E-state index in [0.29, 0.717) is 19.7 Å². The molecular formula is C14H17NO4. The summed E-state index contributed by atoms with van der Waals surface area (Å²) in [6, 6.07) is 5.57. The SMILES string of the molecule is O=C(O)C1COCCN1Cc1ccc2c(c1)CCO2. The van der Waals surface area contributed by atoms with Crippen LogP contribution in [0.5, 0.6) is 5.75 Å². The Kier molecular flexibility index (Phi) is 3.40. The van der Waals surface area contributed by atoms with Crippen LogP contribution >= 0.6 is 0 Å². The van der Waals surface area contributed by atoms with Gasteiger partial charge in [0.2, 0.25) is 0 Å². The lowest BCUT2D eigenvalue weighted by Gasteiger charge is -2.32. The molecule has 0 spiro atoms. The van der Waals surface area contributed by atoms with Gasteiger partial charge in [0, 0.05) is 19.5 Å². The van der Waals surface area contributed by atoms with Crippen LogP contribution in [0.15, 0.2) is 18.2 Å². The number of ether oxygens (including phenoxy) is 2. The van der Waals surface area contributed by atoms with Gasteiger partial charge in [0.25, 0.3) is 0 Å². The van der Waals surface area contributed by atoms with Crippen LogP contribution in [0.25, 0.3) is 0 Å². The molecule has 0 aromatic heterocycles. The van der Waals surface area contributed by atoms with Crippen molar-refractivity contribution in [2.24, 2.45) is 0 Å². The lowest BCUT2D eigenvalue weighted by molar-refractivity contribution is -0.150. The lowest BCUT2D eigenvalue weighted by atomic mass is 10.1. The van der Waals surface area contributed by atoms with Crippen LogP contribution in [0.1, 0.15) is 11.1 Å². The van der Waals surface area contributed by atoms with Crippen LogP contribution in [-0.4, -0.2) is 48.4 Å². The Bertz CT molecular complexity index is 488. The first-order valence-corrected chi connectivity index (χ1v) is 6.53. The number of hydrogen-bond donors (Lipinski definition) is 1. The highest BCUT2D eigenvalue weighted by Crippen LogP contribution is 2.26. The molecule has 2 aliphatic heterocycles. The Morgan fingerprint density at radius 2 is 2.32 bits per heavy atom. The Balaban J connectivity index is 1.74. The number of carbonyl (C=O) groups is 1. The minimum atomic E-state index is -0.816. The zero-order valence-electron chi connectivity index (χ0n) is 10.7. The molecule has 5 nitrogen and oxygen atoms in total. The van der Waals surface area contributed by atoms with Crippen molar-refractivity contribution in [1.82, 2.24) is 4.90 Å². The Labute approximate surface area is 111 Å². The topological polar surface area (TPSA) is 59.0 Å². The van der Waals surface area contributed by atoms with E-state index in [2.05, 4.69) is 6.07 Å². The van der Waals surface area contributed by atoms with Crippen molar-refractivity contribution in [2.45, 2.75) is 19.0 Å². The Morgan fingerprint density at radius 3 is 3.16 bits per heavy atom. The third-order valence-electron chi connectivity index (χ3n) is 3.66. The highest BCUT2D eigenvalue weighted by atomic mass is 16.5. The predicted octanol–water partition coefficient (Wildman–Crippen LogP) is 0.907. The molecule has 3 rings (SSSR count). The van der Waals surface area contributed by atoms with E-state index in [-0.39, 0.29) is 6.61 Å². The fourth-order valence-corrected chi connectivity index (χ4v) is 2.63. The average Bonchev–Trinajstić information content (AvgIpc) is 2.86. The van der Waals surface area contributed by atoms with Gasteiger partial charge in [-0.15, -0.1) is 0 Å². The van der Waals surface area contributed by atoms with Gasteiger partial charge >= 0.3 is 5.97 Å². The van der Waals surface area contributed by atoms with Crippen LogP contribution in [0.4, 0.5) is 0 Å². The second kappa shape index (κ2) is 5.19. The number of rotatable bonds is 3. The van der Waals surface area contributed by atoms with E-state index in [1.165, 1.54) is 5.56 Å². The zero-order valence-corrected chi connectivity index (χ0v) is 10.7. The second-order valence-corrected chi connectivity index (χ2v) is 4.94. The summed E-state index contributed by atoms with van der Waals surface area (Å²) in [6.45, 7) is 2.91. The minimum absolute atomic E-state index is 0.267. The van der Waals surface area contributed by atoms with Gasteiger partial charge in [-0.25, -0.2) is 0 Å². The number of aliphatic carboxylic acids is 1. The first kappa shape index (κ1) is 12.4. The number of fused-ring (bicyclic) bond motifs is 1. The average molecular weight is 263 g/mol. The summed E-state index contributed by atoms with van der Waals surface area (Å²) in [5, 5.41) is 9.20. The third-order valence-corrected chi connectivity index (χ3v) is 3.66. The molecule has 0 radical (unpaired) electrons. The Morgan fingerprint density at radius 1 is 1.42 bits per heavy atom. The van der Waals surface area contributed by atoms with E-state index in [0.717, 1.165) is 24.3 Å². The van der Waals surface area contributed by atoms with E-state index in [4.69, 9.17) is 9.47 Å². The van der Waals surface area contributed by atoms with Crippen molar-refractivity contribution in [3.63, 3.8) is 0 Å². The van der Waals surface area contributed by atoms with Gasteiger partial charge in [-0.05, 0) is 17.2 Å². The molecule has 1 atom stereocenters. The largest absolute Gasteiger partial charge is 0.493 e. The van der Waals surface area contributed by atoms with Gasteiger partial charge in [0.05, 0.1) is 19.8 Å². The predicted molar refractivity (Wildman–Crippen MR) is 68.3 cm³/mol. The molecule has 1 unspecified atom stereocenters. The molecule has 5 heteroatoms. The Hall–Kier alpha value is -1.59. The van der Waals surface area contributed by atoms with Crippen molar-refractivity contribution < 1.29 is 19.4 Å². The maximum Gasteiger partial charge on any atom is 0.323 e. The van der Waals surface area contributed by atoms with E-state index < -0.39 is 12.0 Å². The van der Waals surface area contributed by atoms with E-state index >= 15 is 0 Å². The fraction of sp³-hybridized carbons (Fsp3) is 0.500. The third kappa shape index (κ3) is 2.57. The van der Waals surface area contributed by atoms with Crippen LogP contribution in [-0.2, 0) is 22.5 Å². The van der Waals surface area contributed by atoms with Crippen molar-refractivity contribution >= 4 is 5.97 Å². The second-order valence-electron chi connectivity index (χ2n) is 4.94. The van der Waals surface area contributed by atoms with Crippen molar-refractivity contribution in [3.05, 3.63) is 29.3 Å². The molecule has 1 fully saturated rings. The van der Waals surface area contributed by atoms with E-state index in [1.807, 2.05) is 17.0 Å². The smallest absolute Gasteiger partial charge is 0.323 e. The fourth-order valence-electron chi connectivity index (χ4n) is 2.63.